The molecule has 0 atom stereocenters. The third-order valence-electron chi connectivity index (χ3n) is 2.18. The second-order valence-electron chi connectivity index (χ2n) is 3.32. The third kappa shape index (κ3) is 2.37. The predicted molar refractivity (Wildman–Crippen MR) is 61.8 cm³/mol. The molecule has 78 valence electrons. The van der Waals surface area contributed by atoms with Gasteiger partial charge in [-0.25, -0.2) is 0 Å². The van der Waals surface area contributed by atoms with Crippen molar-refractivity contribution in [2.24, 2.45) is 5.73 Å². The number of aromatic amines is 1. The Balaban J connectivity index is 2.25. The van der Waals surface area contributed by atoms with Gasteiger partial charge in [-0.1, -0.05) is 23.7 Å². The smallest absolute Gasteiger partial charge is 0.0923 e. The van der Waals surface area contributed by atoms with Crippen molar-refractivity contribution in [3.05, 3.63) is 41.0 Å². The third-order valence-corrected chi connectivity index (χ3v) is 2.44. The Morgan fingerprint density at radius 3 is 2.67 bits per heavy atom. The molecule has 0 unspecified atom stereocenters. The summed E-state index contributed by atoms with van der Waals surface area (Å²) in [6.07, 6.45) is 0.820. The van der Waals surface area contributed by atoms with Gasteiger partial charge in [0.15, 0.2) is 0 Å². The Labute approximate surface area is 93.3 Å². The molecule has 0 fully saturated rings. The molecule has 15 heavy (non-hydrogen) atoms. The zero-order valence-corrected chi connectivity index (χ0v) is 8.96. The van der Waals surface area contributed by atoms with Crippen molar-refractivity contribution in [2.45, 2.75) is 6.42 Å². The zero-order chi connectivity index (χ0) is 10.7. The minimum Gasteiger partial charge on any atom is -0.330 e. The van der Waals surface area contributed by atoms with Crippen molar-refractivity contribution < 1.29 is 0 Å². The van der Waals surface area contributed by atoms with Gasteiger partial charge in [0.1, 0.15) is 0 Å². The second kappa shape index (κ2) is 4.47. The summed E-state index contributed by atoms with van der Waals surface area (Å²) in [5.74, 6) is 0. The van der Waals surface area contributed by atoms with Crippen molar-refractivity contribution in [1.82, 2.24) is 10.2 Å². The number of nitrogens with zero attached hydrogens (tertiary/aromatic N) is 1. The van der Waals surface area contributed by atoms with Gasteiger partial charge < -0.3 is 5.73 Å². The van der Waals surface area contributed by atoms with Crippen LogP contribution in [0, 0.1) is 0 Å². The Morgan fingerprint density at radius 2 is 2.00 bits per heavy atom. The van der Waals surface area contributed by atoms with Crippen LogP contribution < -0.4 is 5.73 Å². The average molecular weight is 222 g/mol. The quantitative estimate of drug-likeness (QED) is 0.835. The van der Waals surface area contributed by atoms with E-state index in [-0.39, 0.29) is 0 Å². The second-order valence-corrected chi connectivity index (χ2v) is 3.76. The van der Waals surface area contributed by atoms with E-state index >= 15 is 0 Å². The molecule has 0 aliphatic heterocycles. The largest absolute Gasteiger partial charge is 0.330 e. The van der Waals surface area contributed by atoms with E-state index in [0.717, 1.165) is 28.4 Å². The Hall–Kier alpha value is -1.32. The van der Waals surface area contributed by atoms with Crippen LogP contribution in [-0.2, 0) is 6.42 Å². The molecule has 0 amide bonds. The van der Waals surface area contributed by atoms with Crippen LogP contribution in [0.5, 0.6) is 0 Å². The van der Waals surface area contributed by atoms with E-state index in [1.807, 2.05) is 30.3 Å². The fraction of sp³-hybridized carbons (Fsp3) is 0.182. The highest BCUT2D eigenvalue weighted by Gasteiger charge is 2.02. The summed E-state index contributed by atoms with van der Waals surface area (Å²) in [6.45, 7) is 0.627. The van der Waals surface area contributed by atoms with E-state index in [1.165, 1.54) is 0 Å². The summed E-state index contributed by atoms with van der Waals surface area (Å²) in [6, 6.07) is 9.62. The van der Waals surface area contributed by atoms with Gasteiger partial charge in [-0.3, -0.25) is 5.10 Å². The fourth-order valence-electron chi connectivity index (χ4n) is 1.41. The van der Waals surface area contributed by atoms with Gasteiger partial charge in [0.2, 0.25) is 0 Å². The summed E-state index contributed by atoms with van der Waals surface area (Å²) in [7, 11) is 0. The minimum absolute atomic E-state index is 0.627. The SMILES string of the molecule is NCCc1cc(-c2ccc(Cl)cc2)n[nH]1. The maximum atomic E-state index is 5.81. The van der Waals surface area contributed by atoms with Gasteiger partial charge in [-0.15, -0.1) is 0 Å². The van der Waals surface area contributed by atoms with Crippen molar-refractivity contribution in [3.63, 3.8) is 0 Å². The Kier molecular flexibility index (Phi) is 3.04. The van der Waals surface area contributed by atoms with Gasteiger partial charge in [-0.2, -0.15) is 5.10 Å². The van der Waals surface area contributed by atoms with Crippen LogP contribution >= 0.6 is 11.6 Å². The standard InChI is InChI=1S/C11H12ClN3/c12-9-3-1-8(2-4-9)11-7-10(5-6-13)14-15-11/h1-4,7H,5-6,13H2,(H,14,15). The van der Waals surface area contributed by atoms with Crippen molar-refractivity contribution >= 4 is 11.6 Å². The van der Waals surface area contributed by atoms with Crippen LogP contribution in [0.2, 0.25) is 5.02 Å². The average Bonchev–Trinajstić information content (AvgIpc) is 2.68. The molecule has 3 nitrogen and oxygen atoms in total. The first kappa shape index (κ1) is 10.2. The summed E-state index contributed by atoms with van der Waals surface area (Å²) in [5.41, 5.74) is 8.50. The molecule has 1 aromatic carbocycles. The lowest BCUT2D eigenvalue weighted by atomic mass is 10.1. The minimum atomic E-state index is 0.627. The maximum Gasteiger partial charge on any atom is 0.0923 e. The number of hydrogen-bond donors (Lipinski definition) is 2. The number of hydrogen-bond acceptors (Lipinski definition) is 2. The molecule has 2 rings (SSSR count). The molecule has 0 saturated heterocycles. The highest BCUT2D eigenvalue weighted by Crippen LogP contribution is 2.20. The van der Waals surface area contributed by atoms with Crippen LogP contribution in [0.1, 0.15) is 5.69 Å². The van der Waals surface area contributed by atoms with Gasteiger partial charge in [-0.05, 0) is 24.7 Å². The number of rotatable bonds is 3. The van der Waals surface area contributed by atoms with Crippen LogP contribution in [0.4, 0.5) is 0 Å². The molecule has 0 saturated carbocycles. The van der Waals surface area contributed by atoms with E-state index in [2.05, 4.69) is 10.2 Å². The number of aromatic nitrogens is 2. The predicted octanol–water partition coefficient (Wildman–Crippen LogP) is 2.23. The van der Waals surface area contributed by atoms with Gasteiger partial charge in [0.05, 0.1) is 5.69 Å². The van der Waals surface area contributed by atoms with Crippen LogP contribution in [0.15, 0.2) is 30.3 Å². The van der Waals surface area contributed by atoms with E-state index in [1.54, 1.807) is 0 Å². The molecule has 1 aromatic heterocycles. The monoisotopic (exact) mass is 221 g/mol. The molecular weight excluding hydrogens is 210 g/mol. The number of H-pyrrole nitrogens is 1. The molecule has 0 aliphatic rings. The van der Waals surface area contributed by atoms with Crippen molar-refractivity contribution in [3.8, 4) is 11.3 Å². The van der Waals surface area contributed by atoms with E-state index in [0.29, 0.717) is 6.54 Å². The molecule has 4 heteroatoms. The Bertz CT molecular complexity index is 433. The van der Waals surface area contributed by atoms with Crippen molar-refractivity contribution in [1.29, 1.82) is 0 Å². The van der Waals surface area contributed by atoms with Crippen LogP contribution in [0.25, 0.3) is 11.3 Å². The highest BCUT2D eigenvalue weighted by atomic mass is 35.5. The molecule has 0 spiro atoms. The topological polar surface area (TPSA) is 54.7 Å². The fourth-order valence-corrected chi connectivity index (χ4v) is 1.54. The molecule has 0 aliphatic carbocycles. The first-order chi connectivity index (χ1) is 7.29. The normalized spacial score (nSPS) is 10.5. The maximum absolute atomic E-state index is 5.81. The summed E-state index contributed by atoms with van der Waals surface area (Å²) in [5, 5.41) is 7.90. The molecular formula is C11H12ClN3. The van der Waals surface area contributed by atoms with Gasteiger partial charge in [0, 0.05) is 22.7 Å². The lowest BCUT2D eigenvalue weighted by molar-refractivity contribution is 0.902. The van der Waals surface area contributed by atoms with Gasteiger partial charge >= 0.3 is 0 Å². The van der Waals surface area contributed by atoms with Crippen molar-refractivity contribution in [2.75, 3.05) is 6.54 Å². The summed E-state index contributed by atoms with van der Waals surface area (Å²) < 4.78 is 0. The van der Waals surface area contributed by atoms with E-state index in [4.69, 9.17) is 17.3 Å². The van der Waals surface area contributed by atoms with Crippen LogP contribution in [-0.4, -0.2) is 16.7 Å². The molecule has 1 heterocycles. The summed E-state index contributed by atoms with van der Waals surface area (Å²) in [4.78, 5) is 0. The van der Waals surface area contributed by atoms with E-state index < -0.39 is 0 Å². The van der Waals surface area contributed by atoms with Crippen LogP contribution in [0.3, 0.4) is 0 Å². The molecule has 3 N–H and O–H groups in total. The zero-order valence-electron chi connectivity index (χ0n) is 8.20. The van der Waals surface area contributed by atoms with E-state index in [9.17, 15) is 0 Å². The van der Waals surface area contributed by atoms with Gasteiger partial charge in [0.25, 0.3) is 0 Å². The first-order valence-electron chi connectivity index (χ1n) is 4.80. The first-order valence-corrected chi connectivity index (χ1v) is 5.17. The highest BCUT2D eigenvalue weighted by molar-refractivity contribution is 6.30. The summed E-state index contributed by atoms with van der Waals surface area (Å²) >= 11 is 5.81. The molecule has 2 aromatic rings. The number of nitrogens with two attached hydrogens (primary N) is 1. The lowest BCUT2D eigenvalue weighted by Crippen LogP contribution is -2.02. The lowest BCUT2D eigenvalue weighted by Gasteiger charge is -1.95. The molecule has 0 radical (unpaired) electrons. The Morgan fingerprint density at radius 1 is 1.27 bits per heavy atom. The number of nitrogens with one attached hydrogen (secondary N) is 1. The number of halogens is 1. The molecule has 0 bridgehead atoms. The number of benzene rings is 1.